The summed E-state index contributed by atoms with van der Waals surface area (Å²) in [4.78, 5) is 0. The minimum absolute atomic E-state index is 0.0589. The number of allylic oxidation sites excluding steroid dienone is 8. The van der Waals surface area contributed by atoms with Gasteiger partial charge in [-0.15, -0.1) is 0 Å². The molecule has 1 aromatic rings. The van der Waals surface area contributed by atoms with E-state index in [2.05, 4.69) is 93.5 Å². The van der Waals surface area contributed by atoms with Crippen LogP contribution in [0.15, 0.2) is 94.9 Å². The Labute approximate surface area is 225 Å². The van der Waals surface area contributed by atoms with Crippen molar-refractivity contribution in [1.82, 2.24) is 10.6 Å². The van der Waals surface area contributed by atoms with Gasteiger partial charge in [0.25, 0.3) is 0 Å². The Bertz CT molecular complexity index is 1120. The molecule has 3 heteroatoms. The van der Waals surface area contributed by atoms with Crippen LogP contribution in [0.1, 0.15) is 103 Å². The van der Waals surface area contributed by atoms with E-state index in [1.54, 1.807) is 0 Å². The smallest absolute Gasteiger partial charge is 0.122 e. The van der Waals surface area contributed by atoms with Gasteiger partial charge in [0.05, 0.1) is 11.6 Å². The third kappa shape index (κ3) is 8.12. The summed E-state index contributed by atoms with van der Waals surface area (Å²) >= 11 is 0. The van der Waals surface area contributed by atoms with Gasteiger partial charge in [0.15, 0.2) is 0 Å². The topological polar surface area (TPSA) is 47.9 Å². The number of hydrogen-bond acceptors (Lipinski definition) is 3. The fourth-order valence-corrected chi connectivity index (χ4v) is 5.24. The first-order chi connectivity index (χ1) is 18.0. The Balaban J connectivity index is 1.73. The maximum atomic E-state index is 9.13. The van der Waals surface area contributed by atoms with Crippen molar-refractivity contribution in [3.8, 4) is 6.07 Å². The van der Waals surface area contributed by atoms with Gasteiger partial charge in [0.2, 0.25) is 0 Å². The van der Waals surface area contributed by atoms with E-state index in [4.69, 9.17) is 5.26 Å². The lowest BCUT2D eigenvalue weighted by Gasteiger charge is -2.19. The molecule has 0 radical (unpaired) electrons. The fraction of sp³-hybridized carbons (Fsp3) is 0.441. The predicted molar refractivity (Wildman–Crippen MR) is 158 cm³/mol. The summed E-state index contributed by atoms with van der Waals surface area (Å²) in [5.41, 5.74) is 9.72. The first-order valence-electron chi connectivity index (χ1n) is 14.1. The Hall–Kier alpha value is -3.25. The molecule has 3 nitrogen and oxygen atoms in total. The lowest BCUT2D eigenvalue weighted by molar-refractivity contribution is 0.573. The Morgan fingerprint density at radius 3 is 2.38 bits per heavy atom. The van der Waals surface area contributed by atoms with Crippen molar-refractivity contribution in [2.24, 2.45) is 0 Å². The van der Waals surface area contributed by atoms with Gasteiger partial charge in [-0.2, -0.15) is 5.26 Å². The van der Waals surface area contributed by atoms with E-state index < -0.39 is 0 Å². The van der Waals surface area contributed by atoms with Crippen LogP contribution in [0.2, 0.25) is 0 Å². The molecule has 2 aliphatic rings. The van der Waals surface area contributed by atoms with E-state index in [1.165, 1.54) is 40.1 Å². The normalized spacial score (nSPS) is 19.0. The van der Waals surface area contributed by atoms with Crippen LogP contribution in [-0.4, -0.2) is 6.17 Å². The van der Waals surface area contributed by atoms with Gasteiger partial charge in [-0.3, -0.25) is 0 Å². The second-order valence-corrected chi connectivity index (χ2v) is 10.4. The lowest BCUT2D eigenvalue weighted by Crippen LogP contribution is -2.34. The Morgan fingerprint density at radius 2 is 1.70 bits per heavy atom. The van der Waals surface area contributed by atoms with Crippen LogP contribution in [0.4, 0.5) is 0 Å². The van der Waals surface area contributed by atoms with Crippen LogP contribution in [0.5, 0.6) is 0 Å². The van der Waals surface area contributed by atoms with Gasteiger partial charge in [-0.1, -0.05) is 69.7 Å². The summed E-state index contributed by atoms with van der Waals surface area (Å²) in [6.07, 6.45) is 21.5. The molecule has 0 bridgehead atoms. The molecular formula is C34H45N3. The number of nitriles is 1. The van der Waals surface area contributed by atoms with Crippen LogP contribution in [0, 0.1) is 11.3 Å². The van der Waals surface area contributed by atoms with E-state index >= 15 is 0 Å². The lowest BCUT2D eigenvalue weighted by atomic mass is 9.88. The average molecular weight is 496 g/mol. The number of rotatable bonds is 12. The third-order valence-corrected chi connectivity index (χ3v) is 7.45. The van der Waals surface area contributed by atoms with Crippen LogP contribution in [0.25, 0.3) is 0 Å². The molecule has 3 rings (SSSR count). The molecular weight excluding hydrogens is 450 g/mol. The van der Waals surface area contributed by atoms with Crippen LogP contribution < -0.4 is 10.6 Å². The van der Waals surface area contributed by atoms with Gasteiger partial charge < -0.3 is 10.6 Å². The maximum Gasteiger partial charge on any atom is 0.122 e. The van der Waals surface area contributed by atoms with Crippen LogP contribution >= 0.6 is 0 Å². The minimum Gasteiger partial charge on any atom is -0.364 e. The third-order valence-electron chi connectivity index (χ3n) is 7.45. The first-order valence-corrected chi connectivity index (χ1v) is 14.1. The standard InChI is InChI=1S/C34H45N3/c1-6-8-14-25(3)31(23-27(5)34-36-32-17-10-9-11-18-33(32)37-34)26(4)15-12-16-29(13-7-2)30-21-19-28(24-35)20-22-30/h9-10,14-15,19-23,29,34,36-37H,5-8,11-13,16-18H2,1-4H3/b25-14-,26-15+,31-23+. The summed E-state index contributed by atoms with van der Waals surface area (Å²) in [6, 6.07) is 10.4. The van der Waals surface area contributed by atoms with E-state index in [0.29, 0.717) is 5.92 Å². The highest BCUT2D eigenvalue weighted by atomic mass is 15.2. The van der Waals surface area contributed by atoms with Crippen molar-refractivity contribution in [3.05, 3.63) is 106 Å². The van der Waals surface area contributed by atoms with Gasteiger partial charge in [0.1, 0.15) is 6.17 Å². The number of nitrogens with zero attached hydrogens (tertiary/aromatic N) is 1. The first kappa shape index (κ1) is 28.3. The molecule has 0 spiro atoms. The average Bonchev–Trinajstić information content (AvgIpc) is 3.20. The highest BCUT2D eigenvalue weighted by molar-refractivity contribution is 5.49. The molecule has 2 atom stereocenters. The second-order valence-electron chi connectivity index (χ2n) is 10.4. The number of hydrogen-bond donors (Lipinski definition) is 2. The number of benzene rings is 1. The molecule has 37 heavy (non-hydrogen) atoms. The summed E-state index contributed by atoms with van der Waals surface area (Å²) < 4.78 is 0. The largest absolute Gasteiger partial charge is 0.364 e. The zero-order chi connectivity index (χ0) is 26.6. The summed E-state index contributed by atoms with van der Waals surface area (Å²) in [5.74, 6) is 0.517. The zero-order valence-corrected chi connectivity index (χ0v) is 23.4. The van der Waals surface area contributed by atoms with E-state index in [1.807, 2.05) is 12.1 Å². The van der Waals surface area contributed by atoms with E-state index in [-0.39, 0.29) is 6.17 Å². The molecule has 2 unspecified atom stereocenters. The maximum absolute atomic E-state index is 9.13. The van der Waals surface area contributed by atoms with Crippen molar-refractivity contribution in [2.45, 2.75) is 97.6 Å². The van der Waals surface area contributed by atoms with E-state index in [0.717, 1.165) is 62.5 Å². The Morgan fingerprint density at radius 1 is 1.00 bits per heavy atom. The molecule has 0 saturated heterocycles. The van der Waals surface area contributed by atoms with Crippen molar-refractivity contribution in [1.29, 1.82) is 5.26 Å². The fourth-order valence-electron chi connectivity index (χ4n) is 5.24. The molecule has 1 aliphatic carbocycles. The number of nitrogens with one attached hydrogen (secondary N) is 2. The molecule has 0 amide bonds. The summed E-state index contributed by atoms with van der Waals surface area (Å²) in [5, 5.41) is 16.5. The quantitative estimate of drug-likeness (QED) is 0.225. The highest BCUT2D eigenvalue weighted by Crippen LogP contribution is 2.30. The molecule has 1 heterocycles. The van der Waals surface area contributed by atoms with Crippen LogP contribution in [0.3, 0.4) is 0 Å². The summed E-state index contributed by atoms with van der Waals surface area (Å²) in [7, 11) is 0. The molecule has 1 aliphatic heterocycles. The summed E-state index contributed by atoms with van der Waals surface area (Å²) in [6.45, 7) is 13.4. The number of unbranched alkanes of at least 4 members (excludes halogenated alkanes) is 1. The monoisotopic (exact) mass is 495 g/mol. The molecule has 0 aromatic heterocycles. The van der Waals surface area contributed by atoms with Gasteiger partial charge in [-0.25, -0.2) is 0 Å². The Kier molecular flexibility index (Phi) is 11.1. The van der Waals surface area contributed by atoms with Crippen molar-refractivity contribution >= 4 is 0 Å². The van der Waals surface area contributed by atoms with Gasteiger partial charge >= 0.3 is 0 Å². The predicted octanol–water partition coefficient (Wildman–Crippen LogP) is 8.87. The second kappa shape index (κ2) is 14.5. The van der Waals surface area contributed by atoms with Gasteiger partial charge in [-0.05, 0) is 104 Å². The van der Waals surface area contributed by atoms with Crippen molar-refractivity contribution in [3.63, 3.8) is 0 Å². The molecule has 2 N–H and O–H groups in total. The van der Waals surface area contributed by atoms with Crippen molar-refractivity contribution in [2.75, 3.05) is 0 Å². The van der Waals surface area contributed by atoms with Crippen molar-refractivity contribution < 1.29 is 0 Å². The highest BCUT2D eigenvalue weighted by Gasteiger charge is 2.23. The molecule has 0 saturated carbocycles. The van der Waals surface area contributed by atoms with E-state index in [9.17, 15) is 0 Å². The minimum atomic E-state index is 0.0589. The van der Waals surface area contributed by atoms with Crippen LogP contribution in [-0.2, 0) is 0 Å². The molecule has 0 fully saturated rings. The zero-order valence-electron chi connectivity index (χ0n) is 23.4. The molecule has 1 aromatic carbocycles. The van der Waals surface area contributed by atoms with Gasteiger partial charge in [0, 0.05) is 17.8 Å². The SMILES string of the molecule is C=C(/C=C(C(\C)=C/CCC)/C(C)=C/CCC(CCC)c1ccc(C#N)cc1)C1NC2=C(CCC=CC2)N1. The molecule has 196 valence electrons.